The lowest BCUT2D eigenvalue weighted by Crippen LogP contribution is -2.45. The highest BCUT2D eigenvalue weighted by Crippen LogP contribution is 2.18. The molecule has 1 unspecified atom stereocenters. The molecule has 0 bridgehead atoms. The third kappa shape index (κ3) is 5.76. The zero-order valence-corrected chi connectivity index (χ0v) is 7.56. The van der Waals surface area contributed by atoms with E-state index < -0.39 is 37.3 Å². The number of carboxylic acid groups (broad SMARTS) is 1. The van der Waals surface area contributed by atoms with Gasteiger partial charge >= 0.3 is 12.1 Å². The summed E-state index contributed by atoms with van der Waals surface area (Å²) in [6.45, 7) is 0.182. The van der Waals surface area contributed by atoms with E-state index in [0.29, 0.717) is 0 Å². The third-order valence-corrected chi connectivity index (χ3v) is 1.52. The number of carboxylic acids is 1. The zero-order chi connectivity index (χ0) is 11.4. The van der Waals surface area contributed by atoms with Gasteiger partial charge in [-0.25, -0.2) is 4.79 Å². The Kier molecular flexibility index (Phi) is 4.34. The molecule has 14 heavy (non-hydrogen) atoms. The number of nitrogens with one attached hydrogen (secondary N) is 1. The largest absolute Gasteiger partial charge is 0.479 e. The number of aliphatic hydroxyl groups is 1. The van der Waals surface area contributed by atoms with E-state index in [0.717, 1.165) is 6.92 Å². The average molecular weight is 215 g/mol. The first kappa shape index (κ1) is 13.2. The highest BCUT2D eigenvalue weighted by atomic mass is 19.4. The SMILES string of the molecule is CC(O)(CNCCC(F)(F)F)C(=O)O. The molecule has 0 radical (unpaired) electrons. The Morgan fingerprint density at radius 3 is 2.29 bits per heavy atom. The summed E-state index contributed by atoms with van der Waals surface area (Å²) in [4.78, 5) is 10.3. The molecule has 0 aliphatic carbocycles. The highest BCUT2D eigenvalue weighted by Gasteiger charge is 2.30. The molecule has 0 aliphatic heterocycles. The van der Waals surface area contributed by atoms with E-state index >= 15 is 0 Å². The molecule has 0 aliphatic rings. The fourth-order valence-corrected chi connectivity index (χ4v) is 0.638. The zero-order valence-electron chi connectivity index (χ0n) is 7.56. The second kappa shape index (κ2) is 4.61. The van der Waals surface area contributed by atoms with Gasteiger partial charge in [-0.05, 0) is 6.92 Å². The van der Waals surface area contributed by atoms with Crippen LogP contribution in [-0.2, 0) is 4.79 Å². The number of hydrogen-bond donors (Lipinski definition) is 3. The summed E-state index contributed by atoms with van der Waals surface area (Å²) in [5.74, 6) is -1.47. The van der Waals surface area contributed by atoms with E-state index in [1.54, 1.807) is 0 Å². The molecule has 0 amide bonds. The van der Waals surface area contributed by atoms with Crippen molar-refractivity contribution in [3.8, 4) is 0 Å². The average Bonchev–Trinajstić information content (AvgIpc) is 1.96. The lowest BCUT2D eigenvalue weighted by molar-refractivity contribution is -0.156. The standard InChI is InChI=1S/C7H12F3NO3/c1-6(14,5(12)13)4-11-3-2-7(8,9)10/h11,14H,2-4H2,1H3,(H,12,13). The lowest BCUT2D eigenvalue weighted by atomic mass is 10.1. The van der Waals surface area contributed by atoms with Crippen molar-refractivity contribution in [1.82, 2.24) is 5.32 Å². The summed E-state index contributed by atoms with van der Waals surface area (Å²) in [7, 11) is 0. The van der Waals surface area contributed by atoms with E-state index in [1.807, 2.05) is 0 Å². The van der Waals surface area contributed by atoms with Crippen molar-refractivity contribution in [2.45, 2.75) is 25.1 Å². The lowest BCUT2D eigenvalue weighted by Gasteiger charge is -2.18. The molecule has 0 heterocycles. The minimum atomic E-state index is -4.28. The number of carbonyl (C=O) groups is 1. The molecule has 7 heteroatoms. The van der Waals surface area contributed by atoms with E-state index in [4.69, 9.17) is 10.2 Å². The fraction of sp³-hybridized carbons (Fsp3) is 0.857. The Hall–Kier alpha value is -0.820. The van der Waals surface area contributed by atoms with Crippen LogP contribution >= 0.6 is 0 Å². The van der Waals surface area contributed by atoms with Gasteiger partial charge in [-0.2, -0.15) is 13.2 Å². The summed E-state index contributed by atoms with van der Waals surface area (Å²) in [6, 6.07) is 0. The number of rotatable bonds is 5. The van der Waals surface area contributed by atoms with Crippen LogP contribution in [0.3, 0.4) is 0 Å². The van der Waals surface area contributed by atoms with E-state index in [9.17, 15) is 18.0 Å². The Balaban J connectivity index is 3.70. The van der Waals surface area contributed by atoms with Gasteiger partial charge in [0.2, 0.25) is 0 Å². The Labute approximate surface area is 78.7 Å². The number of halogens is 3. The van der Waals surface area contributed by atoms with Gasteiger partial charge in [0, 0.05) is 13.1 Å². The van der Waals surface area contributed by atoms with E-state index in [2.05, 4.69) is 5.32 Å². The normalized spacial score (nSPS) is 16.4. The smallest absolute Gasteiger partial charge is 0.390 e. The van der Waals surface area contributed by atoms with Crippen LogP contribution in [0.25, 0.3) is 0 Å². The second-order valence-electron chi connectivity index (χ2n) is 3.12. The summed E-state index contributed by atoms with van der Waals surface area (Å²) in [5, 5.41) is 19.7. The fourth-order valence-electron chi connectivity index (χ4n) is 0.638. The predicted molar refractivity (Wildman–Crippen MR) is 41.8 cm³/mol. The molecule has 0 aromatic carbocycles. The first-order chi connectivity index (χ1) is 6.15. The van der Waals surface area contributed by atoms with Gasteiger partial charge in [0.05, 0.1) is 6.42 Å². The Morgan fingerprint density at radius 1 is 1.43 bits per heavy atom. The Morgan fingerprint density at radius 2 is 1.93 bits per heavy atom. The first-order valence-electron chi connectivity index (χ1n) is 3.88. The van der Waals surface area contributed by atoms with Crippen LogP contribution < -0.4 is 5.32 Å². The molecule has 4 nitrogen and oxygen atoms in total. The topological polar surface area (TPSA) is 69.6 Å². The summed E-state index contributed by atoms with van der Waals surface area (Å²) < 4.78 is 34.8. The van der Waals surface area contributed by atoms with Crippen LogP contribution in [0.2, 0.25) is 0 Å². The molecule has 0 rings (SSSR count). The van der Waals surface area contributed by atoms with Crippen LogP contribution in [-0.4, -0.2) is 41.0 Å². The van der Waals surface area contributed by atoms with Crippen molar-refractivity contribution in [3.63, 3.8) is 0 Å². The van der Waals surface area contributed by atoms with Crippen LogP contribution in [0.1, 0.15) is 13.3 Å². The van der Waals surface area contributed by atoms with Crippen molar-refractivity contribution in [2.24, 2.45) is 0 Å². The first-order valence-corrected chi connectivity index (χ1v) is 3.88. The van der Waals surface area contributed by atoms with Crippen molar-refractivity contribution in [2.75, 3.05) is 13.1 Å². The maximum atomic E-state index is 11.6. The molecule has 0 saturated heterocycles. The minimum absolute atomic E-state index is 0.410. The van der Waals surface area contributed by atoms with Gasteiger partial charge in [0.15, 0.2) is 5.60 Å². The van der Waals surface area contributed by atoms with Crippen LogP contribution in [0.4, 0.5) is 13.2 Å². The monoisotopic (exact) mass is 215 g/mol. The van der Waals surface area contributed by atoms with E-state index in [1.165, 1.54) is 0 Å². The molecule has 0 aromatic heterocycles. The van der Waals surface area contributed by atoms with Crippen molar-refractivity contribution in [3.05, 3.63) is 0 Å². The van der Waals surface area contributed by atoms with Gasteiger partial charge in [-0.15, -0.1) is 0 Å². The third-order valence-electron chi connectivity index (χ3n) is 1.52. The van der Waals surface area contributed by atoms with Crippen LogP contribution in [0.15, 0.2) is 0 Å². The number of alkyl halides is 3. The Bertz CT molecular complexity index is 203. The molecular weight excluding hydrogens is 203 g/mol. The highest BCUT2D eigenvalue weighted by molar-refractivity contribution is 5.76. The molecule has 3 N–H and O–H groups in total. The van der Waals surface area contributed by atoms with Gasteiger partial charge in [0.25, 0.3) is 0 Å². The maximum absolute atomic E-state index is 11.6. The van der Waals surface area contributed by atoms with Crippen LogP contribution in [0, 0.1) is 0 Å². The second-order valence-corrected chi connectivity index (χ2v) is 3.12. The molecule has 0 spiro atoms. The van der Waals surface area contributed by atoms with Crippen molar-refractivity contribution < 1.29 is 28.2 Å². The maximum Gasteiger partial charge on any atom is 0.390 e. The van der Waals surface area contributed by atoms with E-state index in [-0.39, 0.29) is 0 Å². The summed E-state index contributed by atoms with van der Waals surface area (Å²) in [6.07, 6.45) is -5.33. The van der Waals surface area contributed by atoms with Crippen LogP contribution in [0.5, 0.6) is 0 Å². The summed E-state index contributed by atoms with van der Waals surface area (Å²) >= 11 is 0. The summed E-state index contributed by atoms with van der Waals surface area (Å²) in [5.41, 5.74) is -2.04. The molecule has 1 atom stereocenters. The molecular formula is C7H12F3NO3. The van der Waals surface area contributed by atoms with Crippen molar-refractivity contribution in [1.29, 1.82) is 0 Å². The van der Waals surface area contributed by atoms with Gasteiger partial charge in [-0.1, -0.05) is 0 Å². The van der Waals surface area contributed by atoms with Crippen molar-refractivity contribution >= 4 is 5.97 Å². The van der Waals surface area contributed by atoms with Gasteiger partial charge in [0.1, 0.15) is 0 Å². The molecule has 0 aromatic rings. The van der Waals surface area contributed by atoms with Gasteiger partial charge < -0.3 is 15.5 Å². The molecule has 0 fully saturated rings. The minimum Gasteiger partial charge on any atom is -0.479 e. The number of hydrogen-bond acceptors (Lipinski definition) is 3. The molecule has 84 valence electrons. The van der Waals surface area contributed by atoms with Gasteiger partial charge in [-0.3, -0.25) is 0 Å². The molecule has 0 saturated carbocycles. The predicted octanol–water partition coefficient (Wildman–Crippen LogP) is 0.364. The number of aliphatic carboxylic acids is 1. The quantitative estimate of drug-likeness (QED) is 0.579.